The number of aromatic nitrogens is 2. The number of hydrogen-bond acceptors (Lipinski definition) is 2. The van der Waals surface area contributed by atoms with Gasteiger partial charge in [-0.2, -0.15) is 18.3 Å². The molecule has 8 heteroatoms. The lowest BCUT2D eigenvalue weighted by atomic mass is 9.90. The Morgan fingerprint density at radius 1 is 1.07 bits per heavy atom. The molecule has 0 bridgehead atoms. The van der Waals surface area contributed by atoms with E-state index in [9.17, 15) is 18.0 Å². The molecule has 0 spiro atoms. The number of para-hydroxylation sites is 1. The van der Waals surface area contributed by atoms with Crippen LogP contribution in [0.4, 0.5) is 18.9 Å². The number of anilines is 1. The van der Waals surface area contributed by atoms with Crippen LogP contribution in [0.2, 0.25) is 5.02 Å². The Labute approximate surface area is 170 Å². The maximum atomic E-state index is 13.3. The predicted octanol–water partition coefficient (Wildman–Crippen LogP) is 5.68. The molecule has 150 valence electrons. The number of carbonyl (C=O) groups is 1. The van der Waals surface area contributed by atoms with Crippen LogP contribution in [0.25, 0.3) is 5.69 Å². The Kier molecular flexibility index (Phi) is 5.08. The molecule has 1 heterocycles. The first-order valence-corrected chi connectivity index (χ1v) is 9.56. The number of amides is 1. The molecule has 4 rings (SSSR count). The first-order chi connectivity index (χ1) is 13.8. The van der Waals surface area contributed by atoms with Crippen molar-refractivity contribution in [2.24, 2.45) is 0 Å². The van der Waals surface area contributed by atoms with Gasteiger partial charge in [0, 0.05) is 11.8 Å². The number of nitrogens with zero attached hydrogens (tertiary/aromatic N) is 2. The zero-order valence-electron chi connectivity index (χ0n) is 15.3. The molecule has 2 aromatic carbocycles. The van der Waals surface area contributed by atoms with Crippen molar-refractivity contribution in [3.8, 4) is 5.69 Å². The van der Waals surface area contributed by atoms with Gasteiger partial charge in [0.15, 0.2) is 5.69 Å². The molecule has 4 nitrogen and oxygen atoms in total. The molecule has 0 unspecified atom stereocenters. The van der Waals surface area contributed by atoms with E-state index in [2.05, 4.69) is 10.4 Å². The summed E-state index contributed by atoms with van der Waals surface area (Å²) in [6.07, 6.45) is -0.847. The van der Waals surface area contributed by atoms with E-state index in [1.165, 1.54) is 12.1 Å². The van der Waals surface area contributed by atoms with Crippen LogP contribution in [-0.4, -0.2) is 15.7 Å². The molecule has 3 aromatic rings. The number of alkyl halides is 3. The number of rotatable bonds is 3. The van der Waals surface area contributed by atoms with Gasteiger partial charge in [0.05, 0.1) is 10.7 Å². The van der Waals surface area contributed by atoms with E-state index in [1.807, 2.05) is 12.1 Å². The van der Waals surface area contributed by atoms with Gasteiger partial charge in [-0.15, -0.1) is 0 Å². The van der Waals surface area contributed by atoms with E-state index in [0.717, 1.165) is 47.6 Å². The third-order valence-electron chi connectivity index (χ3n) is 4.96. The summed E-state index contributed by atoms with van der Waals surface area (Å²) in [7, 11) is 0. The zero-order valence-corrected chi connectivity index (χ0v) is 16.0. The first-order valence-electron chi connectivity index (χ1n) is 9.19. The summed E-state index contributed by atoms with van der Waals surface area (Å²) in [4.78, 5) is 13.0. The van der Waals surface area contributed by atoms with Crippen LogP contribution in [0.3, 0.4) is 0 Å². The van der Waals surface area contributed by atoms with Gasteiger partial charge in [-0.25, -0.2) is 4.68 Å². The Morgan fingerprint density at radius 3 is 2.59 bits per heavy atom. The Balaban J connectivity index is 1.75. The fraction of sp³-hybridized carbons (Fsp3) is 0.238. The maximum absolute atomic E-state index is 13.3. The fourth-order valence-corrected chi connectivity index (χ4v) is 3.79. The van der Waals surface area contributed by atoms with Crippen LogP contribution in [0.5, 0.6) is 0 Å². The minimum Gasteiger partial charge on any atom is -0.320 e. The lowest BCUT2D eigenvalue weighted by Gasteiger charge is -2.19. The number of nitrogens with one attached hydrogen (secondary N) is 1. The van der Waals surface area contributed by atoms with Crippen LogP contribution in [0.1, 0.15) is 40.2 Å². The summed E-state index contributed by atoms with van der Waals surface area (Å²) < 4.78 is 40.8. The zero-order chi connectivity index (χ0) is 20.6. The van der Waals surface area contributed by atoms with Crippen molar-refractivity contribution in [3.63, 3.8) is 0 Å². The number of fused-ring (bicyclic) bond motifs is 1. The highest BCUT2D eigenvalue weighted by atomic mass is 35.5. The highest BCUT2D eigenvalue weighted by molar-refractivity contribution is 6.32. The summed E-state index contributed by atoms with van der Waals surface area (Å²) in [6.45, 7) is 0. The molecule has 0 aliphatic heterocycles. The predicted molar refractivity (Wildman–Crippen MR) is 105 cm³/mol. The average Bonchev–Trinajstić information content (AvgIpc) is 3.14. The van der Waals surface area contributed by atoms with Crippen LogP contribution in [-0.2, 0) is 19.0 Å². The van der Waals surface area contributed by atoms with Gasteiger partial charge < -0.3 is 5.32 Å². The second kappa shape index (κ2) is 7.55. The number of benzene rings is 2. The Bertz CT molecular complexity index is 1080. The minimum atomic E-state index is -4.69. The average molecular weight is 420 g/mol. The number of halogens is 4. The normalized spacial score (nSPS) is 13.8. The van der Waals surface area contributed by atoms with Gasteiger partial charge in [0.25, 0.3) is 5.91 Å². The van der Waals surface area contributed by atoms with Crippen molar-refractivity contribution < 1.29 is 18.0 Å². The van der Waals surface area contributed by atoms with E-state index in [1.54, 1.807) is 18.2 Å². The van der Waals surface area contributed by atoms with E-state index >= 15 is 0 Å². The topological polar surface area (TPSA) is 46.9 Å². The third kappa shape index (κ3) is 3.87. The van der Waals surface area contributed by atoms with Gasteiger partial charge in [-0.1, -0.05) is 35.9 Å². The van der Waals surface area contributed by atoms with E-state index in [4.69, 9.17) is 11.6 Å². The van der Waals surface area contributed by atoms with Crippen LogP contribution >= 0.6 is 11.6 Å². The molecule has 0 saturated carbocycles. The van der Waals surface area contributed by atoms with Crippen molar-refractivity contribution in [2.45, 2.75) is 31.9 Å². The minimum absolute atomic E-state index is 0.190. The molecule has 1 aromatic heterocycles. The van der Waals surface area contributed by atoms with Gasteiger partial charge in [-0.05, 0) is 55.0 Å². The van der Waals surface area contributed by atoms with Crippen molar-refractivity contribution >= 4 is 23.2 Å². The molecule has 0 fully saturated rings. The molecule has 29 heavy (non-hydrogen) atoms. The smallest absolute Gasteiger partial charge is 0.320 e. The number of carbonyl (C=O) groups excluding carboxylic acids is 1. The number of aryl methyl sites for hydroxylation is 1. The molecule has 1 amide bonds. The highest BCUT2D eigenvalue weighted by Gasteiger charge is 2.36. The molecule has 0 saturated heterocycles. The van der Waals surface area contributed by atoms with Crippen molar-refractivity contribution in [1.82, 2.24) is 9.78 Å². The molecule has 1 N–H and O–H groups in total. The van der Waals surface area contributed by atoms with Gasteiger partial charge >= 0.3 is 6.18 Å². The second-order valence-electron chi connectivity index (χ2n) is 6.88. The summed E-state index contributed by atoms with van der Waals surface area (Å²) >= 11 is 6.14. The second-order valence-corrected chi connectivity index (χ2v) is 7.29. The standard InChI is InChI=1S/C21H17ClF3N3O/c22-15-9-3-4-11-17(15)28-18(12-19(27-28)21(23,24)25)20(29)26-16-10-5-7-13-6-1-2-8-14(13)16/h3-5,7,9-12H,1-2,6,8H2,(H,26,29). The molecule has 1 aliphatic carbocycles. The first kappa shape index (κ1) is 19.5. The quantitative estimate of drug-likeness (QED) is 0.594. The van der Waals surface area contributed by atoms with Gasteiger partial charge in [0.1, 0.15) is 5.69 Å². The van der Waals surface area contributed by atoms with E-state index < -0.39 is 17.8 Å². The third-order valence-corrected chi connectivity index (χ3v) is 5.28. The van der Waals surface area contributed by atoms with Crippen molar-refractivity contribution in [3.05, 3.63) is 76.1 Å². The molecular formula is C21H17ClF3N3O. The monoisotopic (exact) mass is 419 g/mol. The summed E-state index contributed by atoms with van der Waals surface area (Å²) in [5.41, 5.74) is 1.62. The van der Waals surface area contributed by atoms with Crippen LogP contribution in [0, 0.1) is 0 Å². The number of hydrogen-bond donors (Lipinski definition) is 1. The largest absolute Gasteiger partial charge is 0.435 e. The Hall–Kier alpha value is -2.80. The molecule has 0 atom stereocenters. The Morgan fingerprint density at radius 2 is 1.83 bits per heavy atom. The summed E-state index contributed by atoms with van der Waals surface area (Å²) in [6, 6.07) is 12.7. The van der Waals surface area contributed by atoms with Crippen LogP contribution < -0.4 is 5.32 Å². The summed E-state index contributed by atoms with van der Waals surface area (Å²) in [5, 5.41) is 6.57. The lowest BCUT2D eigenvalue weighted by Crippen LogP contribution is -2.19. The lowest BCUT2D eigenvalue weighted by molar-refractivity contribution is -0.141. The van der Waals surface area contributed by atoms with Gasteiger partial charge in [-0.3, -0.25) is 4.79 Å². The molecular weight excluding hydrogens is 403 g/mol. The fourth-order valence-electron chi connectivity index (χ4n) is 3.57. The van der Waals surface area contributed by atoms with E-state index in [-0.39, 0.29) is 16.4 Å². The SMILES string of the molecule is O=C(Nc1cccc2c1CCCC2)c1cc(C(F)(F)F)nn1-c1ccccc1Cl. The molecule has 1 aliphatic rings. The maximum Gasteiger partial charge on any atom is 0.435 e. The highest BCUT2D eigenvalue weighted by Crippen LogP contribution is 2.32. The van der Waals surface area contributed by atoms with Crippen LogP contribution in [0.15, 0.2) is 48.5 Å². The summed E-state index contributed by atoms with van der Waals surface area (Å²) in [5.74, 6) is -0.674. The molecule has 0 radical (unpaired) electrons. The van der Waals surface area contributed by atoms with Crippen molar-refractivity contribution in [2.75, 3.05) is 5.32 Å². The van der Waals surface area contributed by atoms with E-state index in [0.29, 0.717) is 5.69 Å². The van der Waals surface area contributed by atoms with Crippen molar-refractivity contribution in [1.29, 1.82) is 0 Å². The van der Waals surface area contributed by atoms with Gasteiger partial charge in [0.2, 0.25) is 0 Å².